The zero-order chi connectivity index (χ0) is 27.7. The minimum atomic E-state index is -1.25. The number of unbranched alkanes of at least 4 members (excludes halogenated alkanes) is 5. The van der Waals surface area contributed by atoms with Crippen LogP contribution in [0.4, 0.5) is 0 Å². The van der Waals surface area contributed by atoms with Crippen molar-refractivity contribution in [1.29, 1.82) is 0 Å². The van der Waals surface area contributed by atoms with Crippen molar-refractivity contribution in [2.24, 2.45) is 46.8 Å². The van der Waals surface area contributed by atoms with Crippen LogP contribution < -0.4 is 5.32 Å². The number of rotatable bonds is 10. The molecule has 220 valence electrons. The van der Waals surface area contributed by atoms with Crippen LogP contribution in [0.1, 0.15) is 136 Å². The summed E-state index contributed by atoms with van der Waals surface area (Å²) in [6, 6.07) is 0. The molecule has 1 aliphatic heterocycles. The van der Waals surface area contributed by atoms with Crippen LogP contribution in [0.25, 0.3) is 0 Å². The van der Waals surface area contributed by atoms with Crippen molar-refractivity contribution in [2.45, 2.75) is 148 Å². The molecule has 4 aliphatic carbocycles. The van der Waals surface area contributed by atoms with Crippen molar-refractivity contribution in [3.8, 4) is 0 Å². The summed E-state index contributed by atoms with van der Waals surface area (Å²) in [6.45, 7) is 11.4. The van der Waals surface area contributed by atoms with Gasteiger partial charge in [-0.1, -0.05) is 104 Å². The lowest BCUT2D eigenvalue weighted by Gasteiger charge is -2.59. The topological polar surface area (TPSA) is 49.3 Å². The predicted molar refractivity (Wildman–Crippen MR) is 162 cm³/mol. The van der Waals surface area contributed by atoms with Crippen molar-refractivity contribution < 1.29 is 9.90 Å². The number of ketones is 1. The van der Waals surface area contributed by atoms with Gasteiger partial charge in [-0.2, -0.15) is 0 Å². The molecule has 4 saturated carbocycles. The van der Waals surface area contributed by atoms with Crippen molar-refractivity contribution in [2.75, 3.05) is 0 Å². The molecule has 4 bridgehead atoms. The molecule has 3 heteroatoms. The van der Waals surface area contributed by atoms with E-state index in [1.807, 2.05) is 0 Å². The number of carbonyl (C=O) groups is 1. The normalized spacial score (nSPS) is 45.7. The fourth-order valence-corrected chi connectivity index (χ4v) is 10.6. The van der Waals surface area contributed by atoms with Crippen LogP contribution in [0.2, 0.25) is 0 Å². The van der Waals surface area contributed by atoms with Crippen LogP contribution in [-0.2, 0) is 4.79 Å². The van der Waals surface area contributed by atoms with Crippen LogP contribution in [0.15, 0.2) is 24.8 Å². The Morgan fingerprint density at radius 1 is 0.974 bits per heavy atom. The highest BCUT2D eigenvalue weighted by molar-refractivity contribution is 5.89. The number of aliphatic hydroxyl groups is 1. The summed E-state index contributed by atoms with van der Waals surface area (Å²) in [5.41, 5.74) is -1.60. The number of allylic oxidation sites excluding steroid dienone is 1. The van der Waals surface area contributed by atoms with E-state index in [-0.39, 0.29) is 28.7 Å². The van der Waals surface area contributed by atoms with Gasteiger partial charge in [-0.15, -0.1) is 6.58 Å². The summed E-state index contributed by atoms with van der Waals surface area (Å²) in [4.78, 5) is 14.4. The number of nitrogens with one attached hydrogen (secondary N) is 1. The highest BCUT2D eigenvalue weighted by atomic mass is 16.3. The average molecular weight is 538 g/mol. The van der Waals surface area contributed by atoms with Gasteiger partial charge in [-0.25, -0.2) is 0 Å². The third kappa shape index (κ3) is 5.26. The molecular formula is C36H59NO2. The summed E-state index contributed by atoms with van der Waals surface area (Å²) < 4.78 is 0. The van der Waals surface area contributed by atoms with E-state index in [2.05, 4.69) is 50.9 Å². The van der Waals surface area contributed by atoms with Crippen LogP contribution in [0.5, 0.6) is 0 Å². The first-order chi connectivity index (χ1) is 18.8. The first-order valence-corrected chi connectivity index (χ1v) is 17.2. The lowest BCUT2D eigenvalue weighted by atomic mass is 9.55. The van der Waals surface area contributed by atoms with Gasteiger partial charge in [0.05, 0.1) is 5.92 Å². The Labute approximate surface area is 240 Å². The third-order valence-electron chi connectivity index (χ3n) is 12.6. The molecule has 39 heavy (non-hydrogen) atoms. The number of hydrogen-bond donors (Lipinski definition) is 2. The van der Waals surface area contributed by atoms with E-state index >= 15 is 0 Å². The Balaban J connectivity index is 1.58. The molecule has 0 amide bonds. The zero-order valence-electron chi connectivity index (χ0n) is 25.6. The van der Waals surface area contributed by atoms with Gasteiger partial charge in [0, 0.05) is 16.9 Å². The molecule has 5 fully saturated rings. The molecule has 10 atom stereocenters. The monoisotopic (exact) mass is 537 g/mol. The number of hydrogen-bond acceptors (Lipinski definition) is 3. The molecule has 5 rings (SSSR count). The van der Waals surface area contributed by atoms with E-state index in [9.17, 15) is 9.90 Å². The lowest BCUT2D eigenvalue weighted by Crippen LogP contribution is -2.72. The predicted octanol–water partition coefficient (Wildman–Crippen LogP) is 8.76. The molecule has 1 heterocycles. The number of carbonyl (C=O) groups excluding carboxylic acids is 1. The second-order valence-corrected chi connectivity index (χ2v) is 14.8. The quantitative estimate of drug-likeness (QED) is 0.216. The maximum atomic E-state index is 14.4. The second kappa shape index (κ2) is 12.1. The van der Waals surface area contributed by atoms with Crippen molar-refractivity contribution in [3.05, 3.63) is 24.8 Å². The Hall–Kier alpha value is -0.930. The highest BCUT2D eigenvalue weighted by Gasteiger charge is 2.71. The van der Waals surface area contributed by atoms with E-state index in [0.717, 1.165) is 44.4 Å². The van der Waals surface area contributed by atoms with E-state index in [0.29, 0.717) is 23.5 Å². The Kier molecular flexibility index (Phi) is 9.19. The third-order valence-corrected chi connectivity index (χ3v) is 12.6. The molecule has 2 N–H and O–H groups in total. The van der Waals surface area contributed by atoms with E-state index < -0.39 is 5.72 Å². The first kappa shape index (κ1) is 29.6. The van der Waals surface area contributed by atoms with E-state index in [1.165, 1.54) is 77.0 Å². The maximum absolute atomic E-state index is 14.4. The summed E-state index contributed by atoms with van der Waals surface area (Å²) in [5, 5.41) is 16.7. The summed E-state index contributed by atoms with van der Waals surface area (Å²) in [7, 11) is 0. The maximum Gasteiger partial charge on any atom is 0.145 e. The van der Waals surface area contributed by atoms with Crippen molar-refractivity contribution in [3.63, 3.8) is 0 Å². The number of piperidine rings is 1. The molecule has 1 saturated heterocycles. The molecule has 5 aliphatic rings. The minimum absolute atomic E-state index is 0.113. The highest BCUT2D eigenvalue weighted by Crippen LogP contribution is 2.68. The smallest absolute Gasteiger partial charge is 0.145 e. The second-order valence-electron chi connectivity index (χ2n) is 14.8. The molecule has 3 nitrogen and oxygen atoms in total. The van der Waals surface area contributed by atoms with E-state index in [1.54, 1.807) is 0 Å². The van der Waals surface area contributed by atoms with Gasteiger partial charge in [-0.3, -0.25) is 10.1 Å². The van der Waals surface area contributed by atoms with Crippen LogP contribution in [0.3, 0.4) is 0 Å². The van der Waals surface area contributed by atoms with Crippen LogP contribution in [0, 0.1) is 46.8 Å². The summed E-state index contributed by atoms with van der Waals surface area (Å²) >= 11 is 0. The first-order valence-electron chi connectivity index (χ1n) is 17.2. The lowest BCUT2D eigenvalue weighted by molar-refractivity contribution is -0.148. The SMILES string of the molecule is C=C[C@@]1(C)CCCCCCC[C@H]2CC3CC2[C@H]2C3C(=O)[C@H]3C2CC1(CCCCC)NC3(O)/C=C/CCCCC. The Morgan fingerprint density at radius 2 is 1.72 bits per heavy atom. The minimum Gasteiger partial charge on any atom is -0.371 e. The fourth-order valence-electron chi connectivity index (χ4n) is 10.6. The van der Waals surface area contributed by atoms with Crippen molar-refractivity contribution in [1.82, 2.24) is 5.32 Å². The van der Waals surface area contributed by atoms with Gasteiger partial charge in [-0.05, 0) is 80.6 Å². The molecule has 0 radical (unpaired) electrons. The largest absolute Gasteiger partial charge is 0.371 e. The Bertz CT molecular complexity index is 896. The van der Waals surface area contributed by atoms with E-state index in [4.69, 9.17) is 0 Å². The molecular weight excluding hydrogens is 478 g/mol. The van der Waals surface area contributed by atoms with Gasteiger partial charge in [0.1, 0.15) is 11.5 Å². The molecule has 0 aromatic heterocycles. The van der Waals surface area contributed by atoms with Gasteiger partial charge in [0.25, 0.3) is 0 Å². The molecule has 0 aromatic rings. The van der Waals surface area contributed by atoms with Crippen LogP contribution in [-0.4, -0.2) is 22.2 Å². The van der Waals surface area contributed by atoms with Gasteiger partial charge < -0.3 is 5.11 Å². The standard InChI is InChI=1S/C36H59NO2/c1-5-8-10-13-18-22-36(39)32-29-25-35(37-36,21-16-9-6-2)34(4,7-3)20-17-14-11-12-15-19-26-23-27-24-28(26)31(29)30(27)33(32)38/h7,18,22,26-32,37,39H,3,5-6,8-17,19-21,23-25H2,1-2,4H3/b22-18+/t26-,27?,28?,29?,30?,31+,32+,34-,35?,36?/m0/s1. The molecule has 0 spiro atoms. The van der Waals surface area contributed by atoms with Crippen LogP contribution >= 0.6 is 0 Å². The molecule has 0 aromatic carbocycles. The molecule has 6 unspecified atom stereocenters. The summed E-state index contributed by atoms with van der Waals surface area (Å²) in [6.07, 6.45) is 28.3. The van der Waals surface area contributed by atoms with Gasteiger partial charge in [0.2, 0.25) is 0 Å². The van der Waals surface area contributed by atoms with Gasteiger partial charge >= 0.3 is 0 Å². The van der Waals surface area contributed by atoms with Crippen molar-refractivity contribution >= 4 is 5.78 Å². The zero-order valence-corrected chi connectivity index (χ0v) is 25.6. The summed E-state index contributed by atoms with van der Waals surface area (Å²) in [5.74, 6) is 3.13. The number of Topliss-reactive ketones (excluding diaryl/α,β-unsaturated/α-hetero) is 1. The number of fused-ring (bicyclic) bond motifs is 3. The van der Waals surface area contributed by atoms with Gasteiger partial charge in [0.15, 0.2) is 0 Å². The Morgan fingerprint density at radius 3 is 2.49 bits per heavy atom. The fraction of sp³-hybridized carbons (Fsp3) is 0.861. The average Bonchev–Trinajstić information content (AvgIpc) is 3.58.